The quantitative estimate of drug-likeness (QED) is 0.713. The number of ether oxygens (including phenoxy) is 1. The molecule has 28 heavy (non-hydrogen) atoms. The van der Waals surface area contributed by atoms with Crippen LogP contribution in [0.5, 0.6) is 0 Å². The van der Waals surface area contributed by atoms with Gasteiger partial charge in [-0.25, -0.2) is 4.79 Å². The van der Waals surface area contributed by atoms with Gasteiger partial charge < -0.3 is 19.8 Å². The molecule has 2 amide bonds. The van der Waals surface area contributed by atoms with E-state index in [4.69, 9.17) is 9.15 Å². The van der Waals surface area contributed by atoms with Crippen molar-refractivity contribution in [1.29, 1.82) is 0 Å². The van der Waals surface area contributed by atoms with E-state index in [-0.39, 0.29) is 35.8 Å². The number of hydrogen-bond acceptors (Lipinski definition) is 7. The lowest BCUT2D eigenvalue weighted by Gasteiger charge is -2.22. The standard InChI is InChI=1S/C18H26N6O4/c1-10-21-24-16(27-10)9-15(25)19-14-8-13(22-23-14)11-5-6-12(7-11)28-17(26)20-18(2,3)4/h8,11-12H,5-7,9H2,1-4H3,(H,20,26)(H2,19,22,23,25)/t11-,12+/m0/s1. The maximum atomic E-state index is 12.1. The number of H-pyrrole nitrogens is 1. The molecule has 0 unspecified atom stereocenters. The smallest absolute Gasteiger partial charge is 0.407 e. The molecule has 1 saturated carbocycles. The lowest BCUT2D eigenvalue weighted by Crippen LogP contribution is -2.42. The van der Waals surface area contributed by atoms with Crippen LogP contribution < -0.4 is 10.6 Å². The van der Waals surface area contributed by atoms with Crippen molar-refractivity contribution < 1.29 is 18.7 Å². The summed E-state index contributed by atoms with van der Waals surface area (Å²) in [6, 6.07) is 1.80. The summed E-state index contributed by atoms with van der Waals surface area (Å²) in [6.07, 6.45) is 1.85. The number of aromatic amines is 1. The molecule has 1 fully saturated rings. The molecular weight excluding hydrogens is 364 g/mol. The van der Waals surface area contributed by atoms with Crippen LogP contribution in [0.1, 0.15) is 63.4 Å². The topological polar surface area (TPSA) is 135 Å². The van der Waals surface area contributed by atoms with E-state index >= 15 is 0 Å². The van der Waals surface area contributed by atoms with Crippen LogP contribution in [-0.4, -0.2) is 44.0 Å². The molecule has 10 heteroatoms. The SMILES string of the molecule is Cc1nnc(CC(=O)Nc2cc([C@H]3CC[C@@H](OC(=O)NC(C)(C)C)C3)[nH]n2)o1. The van der Waals surface area contributed by atoms with Gasteiger partial charge in [0.15, 0.2) is 5.82 Å². The minimum Gasteiger partial charge on any atom is -0.446 e. The number of nitrogens with one attached hydrogen (secondary N) is 3. The van der Waals surface area contributed by atoms with Crippen LogP contribution >= 0.6 is 0 Å². The molecule has 2 aromatic heterocycles. The predicted octanol–water partition coefficient (Wildman–Crippen LogP) is 2.44. The van der Waals surface area contributed by atoms with Crippen LogP contribution in [0.4, 0.5) is 10.6 Å². The Morgan fingerprint density at radius 3 is 2.79 bits per heavy atom. The van der Waals surface area contributed by atoms with E-state index < -0.39 is 6.09 Å². The van der Waals surface area contributed by atoms with Gasteiger partial charge in [0.2, 0.25) is 17.7 Å². The van der Waals surface area contributed by atoms with Crippen molar-refractivity contribution in [2.75, 3.05) is 5.32 Å². The Morgan fingerprint density at radius 2 is 2.11 bits per heavy atom. The second-order valence-electron chi connectivity index (χ2n) is 8.06. The van der Waals surface area contributed by atoms with Gasteiger partial charge in [0.25, 0.3) is 0 Å². The molecule has 2 heterocycles. The summed E-state index contributed by atoms with van der Waals surface area (Å²) in [7, 11) is 0. The Kier molecular flexibility index (Phi) is 5.66. The van der Waals surface area contributed by atoms with E-state index in [2.05, 4.69) is 31.0 Å². The Balaban J connectivity index is 1.49. The molecule has 2 atom stereocenters. The van der Waals surface area contributed by atoms with Crippen molar-refractivity contribution in [3.05, 3.63) is 23.5 Å². The summed E-state index contributed by atoms with van der Waals surface area (Å²) in [4.78, 5) is 24.0. The third-order valence-electron chi connectivity index (χ3n) is 4.32. The lowest BCUT2D eigenvalue weighted by atomic mass is 10.0. The van der Waals surface area contributed by atoms with Gasteiger partial charge in [-0.3, -0.25) is 9.89 Å². The van der Waals surface area contributed by atoms with Crippen LogP contribution in [0.25, 0.3) is 0 Å². The monoisotopic (exact) mass is 390 g/mol. The zero-order chi connectivity index (χ0) is 20.3. The van der Waals surface area contributed by atoms with E-state index in [0.717, 1.165) is 18.5 Å². The Labute approximate surface area is 162 Å². The summed E-state index contributed by atoms with van der Waals surface area (Å²) >= 11 is 0. The van der Waals surface area contributed by atoms with Crippen LogP contribution in [-0.2, 0) is 16.0 Å². The van der Waals surface area contributed by atoms with Crippen molar-refractivity contribution in [2.45, 2.75) is 70.9 Å². The molecule has 1 aliphatic rings. The highest BCUT2D eigenvalue weighted by molar-refractivity contribution is 5.90. The number of nitrogens with zero attached hydrogens (tertiary/aromatic N) is 3. The lowest BCUT2D eigenvalue weighted by molar-refractivity contribution is -0.115. The molecule has 0 aromatic carbocycles. The Morgan fingerprint density at radius 1 is 1.32 bits per heavy atom. The van der Waals surface area contributed by atoms with Gasteiger partial charge in [-0.1, -0.05) is 0 Å². The average Bonchev–Trinajstić information content (AvgIpc) is 3.27. The van der Waals surface area contributed by atoms with E-state index in [1.54, 1.807) is 13.0 Å². The third kappa shape index (κ3) is 5.54. The maximum Gasteiger partial charge on any atom is 0.407 e. The summed E-state index contributed by atoms with van der Waals surface area (Å²) in [5, 5.41) is 20.1. The molecule has 0 spiro atoms. The van der Waals surface area contributed by atoms with Gasteiger partial charge in [-0.15, -0.1) is 10.2 Å². The normalized spacial score (nSPS) is 19.4. The second kappa shape index (κ2) is 7.99. The van der Waals surface area contributed by atoms with Crippen molar-refractivity contribution in [3.63, 3.8) is 0 Å². The van der Waals surface area contributed by atoms with Crippen LogP contribution in [0.3, 0.4) is 0 Å². The Bertz CT molecular complexity index is 837. The van der Waals surface area contributed by atoms with E-state index in [1.165, 1.54) is 0 Å². The molecule has 152 valence electrons. The molecule has 0 saturated heterocycles. The van der Waals surface area contributed by atoms with Crippen molar-refractivity contribution in [2.24, 2.45) is 0 Å². The zero-order valence-electron chi connectivity index (χ0n) is 16.5. The number of aryl methyl sites for hydroxylation is 1. The largest absolute Gasteiger partial charge is 0.446 e. The fourth-order valence-electron chi connectivity index (χ4n) is 3.16. The summed E-state index contributed by atoms with van der Waals surface area (Å²) < 4.78 is 10.7. The number of anilines is 1. The minimum absolute atomic E-state index is 0.00867. The maximum absolute atomic E-state index is 12.1. The molecule has 0 bridgehead atoms. The Hall–Kier alpha value is -2.91. The average molecular weight is 390 g/mol. The number of carbonyl (C=O) groups excluding carboxylic acids is 2. The molecule has 1 aliphatic carbocycles. The van der Waals surface area contributed by atoms with Gasteiger partial charge in [-0.05, 0) is 40.0 Å². The van der Waals surface area contributed by atoms with Crippen LogP contribution in [0, 0.1) is 6.92 Å². The summed E-state index contributed by atoms with van der Waals surface area (Å²) in [6.45, 7) is 7.39. The third-order valence-corrected chi connectivity index (χ3v) is 4.32. The van der Waals surface area contributed by atoms with E-state index in [1.807, 2.05) is 20.8 Å². The number of rotatable bonds is 5. The minimum atomic E-state index is -0.396. The molecule has 10 nitrogen and oxygen atoms in total. The van der Waals surface area contributed by atoms with E-state index in [9.17, 15) is 9.59 Å². The number of amides is 2. The van der Waals surface area contributed by atoms with Gasteiger partial charge in [0.1, 0.15) is 12.5 Å². The number of carbonyl (C=O) groups is 2. The highest BCUT2D eigenvalue weighted by Gasteiger charge is 2.30. The fourth-order valence-corrected chi connectivity index (χ4v) is 3.16. The van der Waals surface area contributed by atoms with Crippen LogP contribution in [0.15, 0.2) is 10.5 Å². The molecule has 3 N–H and O–H groups in total. The van der Waals surface area contributed by atoms with E-state index in [0.29, 0.717) is 18.1 Å². The highest BCUT2D eigenvalue weighted by Crippen LogP contribution is 2.35. The molecule has 0 radical (unpaired) electrons. The van der Waals surface area contributed by atoms with Crippen LogP contribution in [0.2, 0.25) is 0 Å². The first-order valence-electron chi connectivity index (χ1n) is 9.31. The first-order valence-corrected chi connectivity index (χ1v) is 9.31. The predicted molar refractivity (Wildman–Crippen MR) is 99.7 cm³/mol. The summed E-state index contributed by atoms with van der Waals surface area (Å²) in [5.41, 5.74) is 0.581. The molecule has 3 rings (SSSR count). The van der Waals surface area contributed by atoms with Gasteiger partial charge in [0, 0.05) is 30.1 Å². The molecular formula is C18H26N6O4. The fraction of sp³-hybridized carbons (Fsp3) is 0.611. The molecule has 2 aromatic rings. The van der Waals surface area contributed by atoms with Gasteiger partial charge >= 0.3 is 6.09 Å². The second-order valence-corrected chi connectivity index (χ2v) is 8.06. The number of hydrogen-bond donors (Lipinski definition) is 3. The van der Waals surface area contributed by atoms with Gasteiger partial charge in [-0.2, -0.15) is 5.10 Å². The zero-order valence-corrected chi connectivity index (χ0v) is 16.5. The first-order chi connectivity index (χ1) is 13.2. The van der Waals surface area contributed by atoms with Crippen molar-refractivity contribution in [3.8, 4) is 0 Å². The highest BCUT2D eigenvalue weighted by atomic mass is 16.6. The molecule has 0 aliphatic heterocycles. The van der Waals surface area contributed by atoms with Crippen molar-refractivity contribution in [1.82, 2.24) is 25.7 Å². The first kappa shape index (κ1) is 19.8. The number of alkyl carbamates (subject to hydrolysis) is 1. The summed E-state index contributed by atoms with van der Waals surface area (Å²) in [5.74, 6) is 1.03. The van der Waals surface area contributed by atoms with Crippen molar-refractivity contribution >= 4 is 17.8 Å². The number of aromatic nitrogens is 4. The van der Waals surface area contributed by atoms with Gasteiger partial charge in [0.05, 0.1) is 0 Å².